The number of carbonyl (C=O) groups is 1. The minimum absolute atomic E-state index is 0.102. The lowest BCUT2D eigenvalue weighted by Crippen LogP contribution is -2.43. The van der Waals surface area contributed by atoms with Crippen LogP contribution in [0.1, 0.15) is 35.8 Å². The zero-order valence-corrected chi connectivity index (χ0v) is 18.4. The second kappa shape index (κ2) is 9.67. The van der Waals surface area contributed by atoms with Gasteiger partial charge in [-0.2, -0.15) is 0 Å². The van der Waals surface area contributed by atoms with Gasteiger partial charge in [0.25, 0.3) is 5.91 Å². The Morgan fingerprint density at radius 3 is 2.87 bits per heavy atom. The first kappa shape index (κ1) is 21.0. The number of benzene rings is 2. The lowest BCUT2D eigenvalue weighted by Gasteiger charge is -2.35. The summed E-state index contributed by atoms with van der Waals surface area (Å²) in [5.74, 6) is 0.621. The van der Waals surface area contributed by atoms with Crippen LogP contribution in [0, 0.1) is 5.92 Å². The fourth-order valence-electron chi connectivity index (χ4n) is 4.51. The number of amides is 1. The third-order valence-electron chi connectivity index (χ3n) is 6.12. The van der Waals surface area contributed by atoms with Gasteiger partial charge in [-0.05, 0) is 68.5 Å². The Bertz CT molecular complexity index is 966. The van der Waals surface area contributed by atoms with E-state index >= 15 is 0 Å². The lowest BCUT2D eigenvalue weighted by atomic mass is 9.96. The minimum Gasteiger partial charge on any atom is -0.351 e. The van der Waals surface area contributed by atoms with Crippen LogP contribution in [-0.4, -0.2) is 53.4 Å². The number of hydrogen-bond donors (Lipinski definition) is 1. The fraction of sp³-hybridized carbons (Fsp3) is 0.400. The minimum atomic E-state index is 0.102. The normalized spacial score (nSPS) is 17.3. The predicted octanol–water partition coefficient (Wildman–Crippen LogP) is 5.24. The molecule has 1 amide bonds. The number of para-hydroxylation sites is 1. The molecule has 0 radical (unpaired) electrons. The summed E-state index contributed by atoms with van der Waals surface area (Å²) in [4.78, 5) is 20.9. The van der Waals surface area contributed by atoms with Gasteiger partial charge in [-0.15, -0.1) is 0 Å². The van der Waals surface area contributed by atoms with Crippen molar-refractivity contribution in [3.8, 4) is 0 Å². The van der Waals surface area contributed by atoms with E-state index in [4.69, 9.17) is 11.6 Å². The highest BCUT2D eigenvalue weighted by molar-refractivity contribution is 6.30. The maximum absolute atomic E-state index is 13.1. The van der Waals surface area contributed by atoms with Crippen LogP contribution in [0.4, 0.5) is 0 Å². The molecule has 1 N–H and O–H groups in total. The summed E-state index contributed by atoms with van der Waals surface area (Å²) in [5, 5.41) is 1.89. The van der Waals surface area contributed by atoms with Gasteiger partial charge >= 0.3 is 0 Å². The topological polar surface area (TPSA) is 39.3 Å². The highest BCUT2D eigenvalue weighted by Gasteiger charge is 2.25. The van der Waals surface area contributed by atoms with Crippen molar-refractivity contribution in [2.24, 2.45) is 5.92 Å². The number of carbonyl (C=O) groups excluding carboxylic acids is 1. The van der Waals surface area contributed by atoms with Crippen molar-refractivity contribution in [1.82, 2.24) is 14.8 Å². The number of H-pyrrole nitrogens is 1. The van der Waals surface area contributed by atoms with Crippen molar-refractivity contribution in [1.29, 1.82) is 0 Å². The van der Waals surface area contributed by atoms with Crippen molar-refractivity contribution >= 4 is 28.4 Å². The van der Waals surface area contributed by atoms with E-state index in [9.17, 15) is 4.79 Å². The maximum Gasteiger partial charge on any atom is 0.270 e. The van der Waals surface area contributed by atoms with Gasteiger partial charge in [0.1, 0.15) is 5.69 Å². The van der Waals surface area contributed by atoms with E-state index in [0.29, 0.717) is 11.6 Å². The fourth-order valence-corrected chi connectivity index (χ4v) is 4.72. The van der Waals surface area contributed by atoms with E-state index in [0.717, 1.165) is 55.1 Å². The molecular weight excluding hydrogens is 394 g/mol. The van der Waals surface area contributed by atoms with Crippen molar-refractivity contribution in [3.63, 3.8) is 0 Å². The van der Waals surface area contributed by atoms with Crippen LogP contribution in [0.25, 0.3) is 10.9 Å². The molecule has 1 unspecified atom stereocenters. The molecule has 158 valence electrons. The van der Waals surface area contributed by atoms with Gasteiger partial charge in [-0.25, -0.2) is 0 Å². The molecule has 4 nitrogen and oxygen atoms in total. The second-order valence-corrected chi connectivity index (χ2v) is 8.74. The van der Waals surface area contributed by atoms with Crippen molar-refractivity contribution in [2.75, 3.05) is 32.7 Å². The SMILES string of the molecule is CCN(CC1CCCN(CCc2cccc(Cl)c2)C1)C(=O)c1cc2ccccc2[nH]1. The Kier molecular flexibility index (Phi) is 6.76. The first-order valence-electron chi connectivity index (χ1n) is 11.0. The molecule has 1 aromatic heterocycles. The smallest absolute Gasteiger partial charge is 0.270 e. The van der Waals surface area contributed by atoms with E-state index in [-0.39, 0.29) is 5.91 Å². The van der Waals surface area contributed by atoms with Gasteiger partial charge in [-0.3, -0.25) is 4.79 Å². The third kappa shape index (κ3) is 5.05. The average molecular weight is 424 g/mol. The molecule has 0 saturated carbocycles. The van der Waals surface area contributed by atoms with Crippen molar-refractivity contribution in [3.05, 3.63) is 70.9 Å². The molecule has 1 aliphatic rings. The number of nitrogens with one attached hydrogen (secondary N) is 1. The number of likely N-dealkylation sites (tertiary alicyclic amines) is 1. The molecule has 0 bridgehead atoms. The first-order chi connectivity index (χ1) is 14.6. The number of fused-ring (bicyclic) bond motifs is 1. The van der Waals surface area contributed by atoms with E-state index in [1.807, 2.05) is 47.4 Å². The van der Waals surface area contributed by atoms with E-state index < -0.39 is 0 Å². The number of aromatic amines is 1. The summed E-state index contributed by atoms with van der Waals surface area (Å²) in [6.07, 6.45) is 3.39. The van der Waals surface area contributed by atoms with Crippen LogP contribution in [0.5, 0.6) is 0 Å². The number of nitrogens with zero attached hydrogens (tertiary/aromatic N) is 2. The standard InChI is InChI=1S/C25H30ClN3O/c1-2-29(25(30)24-16-21-9-3-4-11-23(21)27-24)18-20-8-6-13-28(17-20)14-12-19-7-5-10-22(26)15-19/h3-5,7,9-11,15-16,20,27H,2,6,8,12-14,17-18H2,1H3. The zero-order valence-electron chi connectivity index (χ0n) is 17.6. The summed E-state index contributed by atoms with van der Waals surface area (Å²) in [7, 11) is 0. The molecule has 2 aromatic carbocycles. The average Bonchev–Trinajstić information content (AvgIpc) is 3.20. The number of aromatic nitrogens is 1. The maximum atomic E-state index is 13.1. The van der Waals surface area contributed by atoms with Gasteiger partial charge in [0.2, 0.25) is 0 Å². The molecule has 4 rings (SSSR count). The zero-order chi connectivity index (χ0) is 20.9. The first-order valence-corrected chi connectivity index (χ1v) is 11.3. The highest BCUT2D eigenvalue weighted by atomic mass is 35.5. The molecule has 5 heteroatoms. The van der Waals surface area contributed by atoms with Crippen LogP contribution in [-0.2, 0) is 6.42 Å². The summed E-state index contributed by atoms with van der Waals surface area (Å²) < 4.78 is 0. The van der Waals surface area contributed by atoms with Crippen LogP contribution >= 0.6 is 11.6 Å². The number of rotatable bonds is 7. The number of piperidine rings is 1. The summed E-state index contributed by atoms with van der Waals surface area (Å²) in [5.41, 5.74) is 2.99. The molecular formula is C25H30ClN3O. The van der Waals surface area contributed by atoms with Gasteiger partial charge in [-0.1, -0.05) is 41.9 Å². The van der Waals surface area contributed by atoms with Gasteiger partial charge in [0.15, 0.2) is 0 Å². The van der Waals surface area contributed by atoms with Crippen LogP contribution in [0.2, 0.25) is 5.02 Å². The van der Waals surface area contributed by atoms with E-state index in [2.05, 4.69) is 28.9 Å². The van der Waals surface area contributed by atoms with Crippen LogP contribution < -0.4 is 0 Å². The Labute approximate surface area is 183 Å². The molecule has 2 heterocycles. The monoisotopic (exact) mass is 423 g/mol. The van der Waals surface area contributed by atoms with Gasteiger partial charge in [0.05, 0.1) is 0 Å². The highest BCUT2D eigenvalue weighted by Crippen LogP contribution is 2.21. The predicted molar refractivity (Wildman–Crippen MR) is 124 cm³/mol. The van der Waals surface area contributed by atoms with Gasteiger partial charge < -0.3 is 14.8 Å². The third-order valence-corrected chi connectivity index (χ3v) is 6.35. The van der Waals surface area contributed by atoms with Crippen LogP contribution in [0.15, 0.2) is 54.6 Å². The summed E-state index contributed by atoms with van der Waals surface area (Å²) in [6.45, 7) is 6.85. The molecule has 1 fully saturated rings. The Hall–Kier alpha value is -2.30. The Morgan fingerprint density at radius 1 is 1.20 bits per heavy atom. The number of hydrogen-bond acceptors (Lipinski definition) is 2. The molecule has 0 aliphatic carbocycles. The van der Waals surface area contributed by atoms with Crippen molar-refractivity contribution in [2.45, 2.75) is 26.2 Å². The van der Waals surface area contributed by atoms with Crippen molar-refractivity contribution < 1.29 is 4.79 Å². The second-order valence-electron chi connectivity index (χ2n) is 8.30. The van der Waals surface area contributed by atoms with E-state index in [1.54, 1.807) is 0 Å². The Balaban J connectivity index is 1.35. The van der Waals surface area contributed by atoms with Gasteiger partial charge in [0, 0.05) is 42.1 Å². The quantitative estimate of drug-likeness (QED) is 0.564. The summed E-state index contributed by atoms with van der Waals surface area (Å²) in [6, 6.07) is 18.2. The molecule has 1 saturated heterocycles. The summed E-state index contributed by atoms with van der Waals surface area (Å²) >= 11 is 6.12. The van der Waals surface area contributed by atoms with Crippen LogP contribution in [0.3, 0.4) is 0 Å². The lowest BCUT2D eigenvalue weighted by molar-refractivity contribution is 0.0686. The molecule has 3 aromatic rings. The Morgan fingerprint density at radius 2 is 2.07 bits per heavy atom. The molecule has 1 aliphatic heterocycles. The van der Waals surface area contributed by atoms with E-state index in [1.165, 1.54) is 18.4 Å². The molecule has 30 heavy (non-hydrogen) atoms. The largest absolute Gasteiger partial charge is 0.351 e. The molecule has 1 atom stereocenters. The number of halogens is 1. The molecule has 0 spiro atoms.